The molecule has 268 valence electrons. The Morgan fingerprint density at radius 2 is 1.77 bits per heavy atom. The molecule has 13 nitrogen and oxygen atoms in total. The fraction of sp³-hybridized carbons (Fsp3) is 0.667. The van der Waals surface area contributed by atoms with Gasteiger partial charge < -0.3 is 31.3 Å². The van der Waals surface area contributed by atoms with Crippen LogP contribution in [-0.2, 0) is 37.4 Å². The van der Waals surface area contributed by atoms with Crippen molar-refractivity contribution < 1.29 is 33.0 Å². The molecule has 2 amide bonds. The first-order valence-electron chi connectivity index (χ1n) is 16.9. The monoisotopic (exact) mass is 708 g/mol. The van der Waals surface area contributed by atoms with Gasteiger partial charge in [0.15, 0.2) is 5.13 Å². The summed E-state index contributed by atoms with van der Waals surface area (Å²) in [5.41, 5.74) is 13.1. The quantitative estimate of drug-likeness (QED) is 0.163. The van der Waals surface area contributed by atoms with E-state index in [2.05, 4.69) is 9.71 Å². The van der Waals surface area contributed by atoms with Gasteiger partial charge in [0.1, 0.15) is 18.2 Å². The number of anilines is 1. The zero-order valence-electron chi connectivity index (χ0n) is 27.9. The minimum Gasteiger partial charge on any atom is -0.390 e. The van der Waals surface area contributed by atoms with E-state index in [1.807, 2.05) is 19.9 Å². The van der Waals surface area contributed by atoms with Crippen molar-refractivity contribution in [3.63, 3.8) is 0 Å². The van der Waals surface area contributed by atoms with Crippen molar-refractivity contribution in [1.82, 2.24) is 18.9 Å². The van der Waals surface area contributed by atoms with E-state index in [1.165, 1.54) is 20.5 Å². The van der Waals surface area contributed by atoms with Crippen molar-refractivity contribution in [2.24, 2.45) is 17.6 Å². The lowest BCUT2D eigenvalue weighted by atomic mass is 9.81. The second-order valence-corrected chi connectivity index (χ2v) is 16.0. The van der Waals surface area contributed by atoms with E-state index in [0.717, 1.165) is 32.1 Å². The number of hydrogen-bond acceptors (Lipinski definition) is 10. The van der Waals surface area contributed by atoms with Crippen LogP contribution in [0.25, 0.3) is 0 Å². The van der Waals surface area contributed by atoms with E-state index >= 15 is 4.79 Å². The van der Waals surface area contributed by atoms with Crippen LogP contribution in [0.4, 0.5) is 5.13 Å². The second kappa shape index (κ2) is 17.8. The first-order valence-corrected chi connectivity index (χ1v) is 19.2. The topological polar surface area (TPSA) is 201 Å². The summed E-state index contributed by atoms with van der Waals surface area (Å²) in [6, 6.07) is 5.25. The highest BCUT2D eigenvalue weighted by Crippen LogP contribution is 2.33. The van der Waals surface area contributed by atoms with Crippen LogP contribution in [0.5, 0.6) is 0 Å². The lowest BCUT2D eigenvalue weighted by molar-refractivity contribution is -0.150. The highest BCUT2D eigenvalue weighted by atomic mass is 32.2. The number of aliphatic hydroxyl groups is 2. The number of aromatic nitrogens is 1. The SMILES string of the molecule is CC(C)C[C@H](O)C(O)[C@H](CC1CCCCC1)N(C(=O)[C@H](Cc1ccccc1)NS(=O)(=O)N1CCOCC1)[C@H](Cc1csc(N)n1)C(N)=O. The third-order valence-electron chi connectivity index (χ3n) is 9.23. The molecular weight excluding hydrogens is 657 g/mol. The first-order chi connectivity index (χ1) is 22.9. The number of nitrogen functional groups attached to an aromatic ring is 1. The van der Waals surface area contributed by atoms with Gasteiger partial charge in [-0.2, -0.15) is 17.4 Å². The number of nitrogens with two attached hydrogens (primary N) is 2. The number of hydrogen-bond donors (Lipinski definition) is 5. The van der Waals surface area contributed by atoms with Crippen LogP contribution in [0.1, 0.15) is 70.1 Å². The molecule has 2 aromatic rings. The van der Waals surface area contributed by atoms with E-state index in [0.29, 0.717) is 17.7 Å². The minimum atomic E-state index is -4.19. The Labute approximate surface area is 288 Å². The number of benzene rings is 1. The van der Waals surface area contributed by atoms with Crippen molar-refractivity contribution in [1.29, 1.82) is 0 Å². The highest BCUT2D eigenvalue weighted by molar-refractivity contribution is 7.87. The summed E-state index contributed by atoms with van der Waals surface area (Å²) in [4.78, 5) is 34.1. The number of nitrogens with one attached hydrogen (secondary N) is 1. The van der Waals surface area contributed by atoms with E-state index in [-0.39, 0.29) is 62.5 Å². The predicted octanol–water partition coefficient (Wildman–Crippen LogP) is 1.84. The van der Waals surface area contributed by atoms with Crippen molar-refractivity contribution in [3.05, 3.63) is 47.0 Å². The molecule has 2 fully saturated rings. The number of morpholine rings is 1. The second-order valence-electron chi connectivity index (χ2n) is 13.4. The molecule has 1 aliphatic carbocycles. The van der Waals surface area contributed by atoms with Gasteiger partial charge >= 0.3 is 0 Å². The van der Waals surface area contributed by atoms with Crippen LogP contribution in [-0.4, -0.2) is 101 Å². The fourth-order valence-electron chi connectivity index (χ4n) is 6.81. The van der Waals surface area contributed by atoms with Crippen molar-refractivity contribution in [2.45, 2.75) is 102 Å². The first kappa shape index (κ1) is 38.1. The van der Waals surface area contributed by atoms with Gasteiger partial charge in [-0.25, -0.2) is 4.98 Å². The molecule has 1 aliphatic heterocycles. The van der Waals surface area contributed by atoms with Crippen LogP contribution >= 0.6 is 11.3 Å². The van der Waals surface area contributed by atoms with E-state index < -0.39 is 52.4 Å². The number of nitrogens with zero attached hydrogens (tertiary/aromatic N) is 3. The summed E-state index contributed by atoms with van der Waals surface area (Å²) >= 11 is 1.18. The molecular formula is C33H52N6O7S2. The van der Waals surface area contributed by atoms with Crippen LogP contribution in [0.2, 0.25) is 0 Å². The minimum absolute atomic E-state index is 0.0321. The number of ether oxygens (including phenoxy) is 1. The molecule has 7 N–H and O–H groups in total. The lowest BCUT2D eigenvalue weighted by Gasteiger charge is -2.44. The number of amides is 2. The fourth-order valence-corrected chi connectivity index (χ4v) is 8.71. The Balaban J connectivity index is 1.82. The smallest absolute Gasteiger partial charge is 0.280 e. The molecule has 1 aromatic carbocycles. The molecule has 1 unspecified atom stereocenters. The summed E-state index contributed by atoms with van der Waals surface area (Å²) in [5, 5.41) is 25.1. The Morgan fingerprint density at radius 3 is 2.35 bits per heavy atom. The van der Waals surface area contributed by atoms with Gasteiger partial charge in [0, 0.05) is 24.9 Å². The van der Waals surface area contributed by atoms with Gasteiger partial charge in [-0.3, -0.25) is 9.59 Å². The Bertz CT molecular complexity index is 1410. The number of thiazole rings is 1. The van der Waals surface area contributed by atoms with Crippen LogP contribution in [0, 0.1) is 11.8 Å². The number of rotatable bonds is 17. The van der Waals surface area contributed by atoms with Crippen molar-refractivity contribution in [2.75, 3.05) is 32.0 Å². The third kappa shape index (κ3) is 10.7. The van der Waals surface area contributed by atoms with Crippen LogP contribution in [0.15, 0.2) is 35.7 Å². The average Bonchev–Trinajstić information content (AvgIpc) is 3.48. The number of carbonyl (C=O) groups excluding carboxylic acids is 2. The van der Waals surface area contributed by atoms with E-state index in [4.69, 9.17) is 16.2 Å². The molecule has 2 heterocycles. The van der Waals surface area contributed by atoms with E-state index in [1.54, 1.807) is 29.6 Å². The average molecular weight is 709 g/mol. The number of primary amides is 1. The molecule has 0 radical (unpaired) electrons. The van der Waals surface area contributed by atoms with Crippen LogP contribution < -0.4 is 16.2 Å². The molecule has 0 bridgehead atoms. The maximum absolute atomic E-state index is 15.1. The molecule has 0 spiro atoms. The summed E-state index contributed by atoms with van der Waals surface area (Å²) in [5.74, 6) is -1.42. The van der Waals surface area contributed by atoms with Gasteiger partial charge in [-0.05, 0) is 36.7 Å². The molecule has 5 atom stereocenters. The number of aliphatic hydroxyl groups excluding tert-OH is 2. The van der Waals surface area contributed by atoms with Gasteiger partial charge in [0.25, 0.3) is 10.2 Å². The zero-order valence-corrected chi connectivity index (χ0v) is 29.6. The normalized spacial score (nSPS) is 19.8. The molecule has 2 aliphatic rings. The van der Waals surface area contributed by atoms with Gasteiger partial charge in [-0.15, -0.1) is 11.3 Å². The standard InChI is InChI=1S/C33H52N6O7S2/c1-22(2)17-29(40)30(41)27(19-24-11-7-4-8-12-24)39(28(31(34)42)20-25-21-47-33(35)36-25)32(43)26(18-23-9-5-3-6-10-23)37-48(44,45)38-13-15-46-16-14-38/h3,5-6,9-10,21-22,24,26-30,37,40-41H,4,7-8,11-20H2,1-2H3,(H2,34,42)(H2,35,36)/t26-,27-,28+,29-,30?/m0/s1. The van der Waals surface area contributed by atoms with Crippen molar-refractivity contribution in [3.8, 4) is 0 Å². The lowest BCUT2D eigenvalue weighted by Crippen LogP contribution is -2.64. The third-order valence-corrected chi connectivity index (χ3v) is 11.6. The summed E-state index contributed by atoms with van der Waals surface area (Å²) < 4.78 is 36.7. The largest absolute Gasteiger partial charge is 0.390 e. The summed E-state index contributed by atoms with van der Waals surface area (Å²) in [6.07, 6.45) is 2.58. The molecule has 4 rings (SSSR count). The van der Waals surface area contributed by atoms with E-state index in [9.17, 15) is 23.4 Å². The summed E-state index contributed by atoms with van der Waals surface area (Å²) in [7, 11) is -4.19. The van der Waals surface area contributed by atoms with Gasteiger partial charge in [-0.1, -0.05) is 76.3 Å². The highest BCUT2D eigenvalue weighted by Gasteiger charge is 2.44. The number of carbonyl (C=O) groups is 2. The Hall–Kier alpha value is -2.66. The summed E-state index contributed by atoms with van der Waals surface area (Å²) in [6.45, 7) is 4.51. The van der Waals surface area contributed by atoms with Gasteiger partial charge in [0.05, 0.1) is 31.1 Å². The Kier molecular flexibility index (Phi) is 14.2. The van der Waals surface area contributed by atoms with Crippen molar-refractivity contribution >= 4 is 38.5 Å². The zero-order chi connectivity index (χ0) is 34.8. The Morgan fingerprint density at radius 1 is 1.10 bits per heavy atom. The van der Waals surface area contributed by atoms with Gasteiger partial charge in [0.2, 0.25) is 11.8 Å². The molecule has 1 saturated heterocycles. The van der Waals surface area contributed by atoms with Crippen LogP contribution in [0.3, 0.4) is 0 Å². The predicted molar refractivity (Wildman–Crippen MR) is 185 cm³/mol. The maximum atomic E-state index is 15.1. The molecule has 48 heavy (non-hydrogen) atoms. The molecule has 15 heteroatoms. The maximum Gasteiger partial charge on any atom is 0.280 e. The molecule has 1 aromatic heterocycles. The molecule has 1 saturated carbocycles.